The SMILES string of the molecule is O=C(O[C@@H]1[C@@H](O)[C@H](NC2CCCCC2)[C@H]2C[Se][C@@H]1O2)c1ccccc1. The number of rotatable bonds is 4. The Morgan fingerprint density at radius 3 is 2.72 bits per heavy atom. The number of carbonyl (C=O) groups is 1. The summed E-state index contributed by atoms with van der Waals surface area (Å²) in [6.45, 7) is 0. The number of carbonyl (C=O) groups excluding carboxylic acids is 1. The summed E-state index contributed by atoms with van der Waals surface area (Å²) in [5.74, 6) is -0.384. The van der Waals surface area contributed by atoms with E-state index in [2.05, 4.69) is 5.32 Å². The van der Waals surface area contributed by atoms with Crippen molar-refractivity contribution >= 4 is 20.9 Å². The van der Waals surface area contributed by atoms with Gasteiger partial charge in [0.05, 0.1) is 0 Å². The number of nitrogens with one attached hydrogen (secondary N) is 1. The molecule has 3 aliphatic rings. The summed E-state index contributed by atoms with van der Waals surface area (Å²) in [4.78, 5) is 12.4. The standard InChI is InChI=1S/C19H25NO4Se/c21-16-15(20-13-9-5-2-6-10-13)14-11-25-19(23-14)17(16)24-18(22)12-7-3-1-4-8-12/h1,3-4,7-8,13-17,19-21H,2,5-6,9-11H2/t14-,15-,16+,17-,19+/m1/s1. The van der Waals surface area contributed by atoms with Crippen LogP contribution in [0.4, 0.5) is 0 Å². The van der Waals surface area contributed by atoms with E-state index in [1.165, 1.54) is 19.3 Å². The summed E-state index contributed by atoms with van der Waals surface area (Å²) in [6.07, 6.45) is 4.85. The average molecular weight is 410 g/mol. The Morgan fingerprint density at radius 1 is 1.20 bits per heavy atom. The molecule has 6 heteroatoms. The molecule has 136 valence electrons. The van der Waals surface area contributed by atoms with Crippen LogP contribution in [0.2, 0.25) is 5.32 Å². The van der Waals surface area contributed by atoms with E-state index < -0.39 is 12.2 Å². The third-order valence-electron chi connectivity index (χ3n) is 5.39. The first-order valence-corrected chi connectivity index (χ1v) is 11.4. The molecular formula is C19H25NO4Se. The Balaban J connectivity index is 1.45. The minimum absolute atomic E-state index is 0.0496. The van der Waals surface area contributed by atoms with Gasteiger partial charge in [-0.15, -0.1) is 0 Å². The van der Waals surface area contributed by atoms with Crippen molar-refractivity contribution in [3.8, 4) is 0 Å². The average Bonchev–Trinajstić information content (AvgIpc) is 3.10. The number of fused-ring (bicyclic) bond motifs is 2. The molecule has 0 spiro atoms. The molecule has 4 rings (SSSR count). The first-order chi connectivity index (χ1) is 12.2. The Morgan fingerprint density at radius 2 is 1.96 bits per heavy atom. The summed E-state index contributed by atoms with van der Waals surface area (Å²) in [7, 11) is 0. The molecule has 1 saturated carbocycles. The van der Waals surface area contributed by atoms with E-state index in [4.69, 9.17) is 9.47 Å². The third kappa shape index (κ3) is 3.78. The molecule has 1 aromatic carbocycles. The molecule has 3 fully saturated rings. The van der Waals surface area contributed by atoms with Gasteiger partial charge in [0.15, 0.2) is 0 Å². The zero-order valence-electron chi connectivity index (χ0n) is 14.2. The zero-order valence-corrected chi connectivity index (χ0v) is 15.9. The predicted octanol–water partition coefficient (Wildman–Crippen LogP) is 1.72. The van der Waals surface area contributed by atoms with Gasteiger partial charge in [-0.1, -0.05) is 0 Å². The van der Waals surface area contributed by atoms with Crippen molar-refractivity contribution in [3.63, 3.8) is 0 Å². The molecule has 1 aromatic rings. The second-order valence-corrected chi connectivity index (χ2v) is 9.50. The Hall–Kier alpha value is -0.911. The number of benzene rings is 1. The molecule has 25 heavy (non-hydrogen) atoms. The van der Waals surface area contributed by atoms with Gasteiger partial charge in [0.1, 0.15) is 0 Å². The summed E-state index contributed by atoms with van der Waals surface area (Å²) < 4.78 is 11.8. The minimum atomic E-state index is -0.706. The molecule has 2 aliphatic heterocycles. The van der Waals surface area contributed by atoms with Gasteiger partial charge in [0, 0.05) is 0 Å². The van der Waals surface area contributed by atoms with Crippen molar-refractivity contribution in [1.29, 1.82) is 0 Å². The number of esters is 1. The van der Waals surface area contributed by atoms with Crippen LogP contribution in [0.3, 0.4) is 0 Å². The van der Waals surface area contributed by atoms with Crippen molar-refractivity contribution in [1.82, 2.24) is 5.32 Å². The van der Waals surface area contributed by atoms with E-state index >= 15 is 0 Å². The first kappa shape index (κ1) is 17.5. The molecule has 2 N–H and O–H groups in total. The predicted molar refractivity (Wildman–Crippen MR) is 94.7 cm³/mol. The van der Waals surface area contributed by atoms with Crippen LogP contribution >= 0.6 is 0 Å². The van der Waals surface area contributed by atoms with Gasteiger partial charge >= 0.3 is 154 Å². The van der Waals surface area contributed by atoms with Crippen LogP contribution in [0.1, 0.15) is 42.5 Å². The third-order valence-corrected chi connectivity index (χ3v) is 7.97. The van der Waals surface area contributed by atoms with Crippen LogP contribution in [0, 0.1) is 0 Å². The second-order valence-electron chi connectivity index (χ2n) is 7.13. The molecule has 0 unspecified atom stereocenters. The molecule has 1 aliphatic carbocycles. The molecule has 2 bridgehead atoms. The molecule has 2 saturated heterocycles. The van der Waals surface area contributed by atoms with E-state index in [0.717, 1.165) is 18.2 Å². The van der Waals surface area contributed by atoms with Crippen LogP contribution in [-0.2, 0) is 9.47 Å². The quantitative estimate of drug-likeness (QED) is 0.585. The Labute approximate surface area is 154 Å². The van der Waals surface area contributed by atoms with Gasteiger partial charge in [-0.3, -0.25) is 0 Å². The van der Waals surface area contributed by atoms with Gasteiger partial charge < -0.3 is 0 Å². The van der Waals surface area contributed by atoms with Crippen LogP contribution < -0.4 is 5.32 Å². The van der Waals surface area contributed by atoms with Gasteiger partial charge in [-0.05, 0) is 0 Å². The summed E-state index contributed by atoms with van der Waals surface area (Å²) in [6, 6.07) is 9.26. The fourth-order valence-corrected chi connectivity index (χ4v) is 6.74. The van der Waals surface area contributed by atoms with Gasteiger partial charge in [0.2, 0.25) is 0 Å². The van der Waals surface area contributed by atoms with E-state index in [0.29, 0.717) is 11.6 Å². The van der Waals surface area contributed by atoms with E-state index in [1.54, 1.807) is 12.1 Å². The van der Waals surface area contributed by atoms with Crippen LogP contribution in [0.25, 0.3) is 0 Å². The Bertz CT molecular complexity index is 592. The first-order valence-electron chi connectivity index (χ1n) is 9.19. The summed E-state index contributed by atoms with van der Waals surface area (Å²) in [5, 5.41) is 15.4. The van der Waals surface area contributed by atoms with Crippen molar-refractivity contribution < 1.29 is 19.4 Å². The number of ether oxygens (including phenoxy) is 2. The maximum atomic E-state index is 12.4. The van der Waals surface area contributed by atoms with Crippen molar-refractivity contribution in [2.45, 2.75) is 72.8 Å². The molecule has 5 atom stereocenters. The topological polar surface area (TPSA) is 67.8 Å². The van der Waals surface area contributed by atoms with Crippen molar-refractivity contribution in [2.24, 2.45) is 0 Å². The number of aliphatic hydroxyl groups excluding tert-OH is 1. The summed E-state index contributed by atoms with van der Waals surface area (Å²) in [5.41, 5.74) is 0.513. The molecular weight excluding hydrogens is 385 g/mol. The number of hydrogen-bond donors (Lipinski definition) is 2. The number of hydrogen-bond acceptors (Lipinski definition) is 5. The molecule has 5 nitrogen and oxygen atoms in total. The fourth-order valence-electron chi connectivity index (χ4n) is 4.02. The fraction of sp³-hybridized carbons (Fsp3) is 0.632. The van der Waals surface area contributed by atoms with Crippen LogP contribution in [0.5, 0.6) is 0 Å². The monoisotopic (exact) mass is 411 g/mol. The second kappa shape index (κ2) is 7.77. The Kier molecular flexibility index (Phi) is 5.44. The zero-order chi connectivity index (χ0) is 17.2. The van der Waals surface area contributed by atoms with Crippen LogP contribution in [-0.4, -0.2) is 61.4 Å². The van der Waals surface area contributed by atoms with E-state index in [1.807, 2.05) is 18.2 Å². The summed E-state index contributed by atoms with van der Waals surface area (Å²) >= 11 is 0.232. The van der Waals surface area contributed by atoms with Crippen LogP contribution in [0.15, 0.2) is 30.3 Å². The van der Waals surface area contributed by atoms with E-state index in [-0.39, 0.29) is 38.1 Å². The maximum absolute atomic E-state index is 12.4. The molecule has 0 radical (unpaired) electrons. The molecule has 0 aromatic heterocycles. The number of aliphatic hydroxyl groups is 1. The molecule has 0 amide bonds. The van der Waals surface area contributed by atoms with Gasteiger partial charge in [-0.25, -0.2) is 0 Å². The normalized spacial score (nSPS) is 35.5. The van der Waals surface area contributed by atoms with Crippen molar-refractivity contribution in [2.75, 3.05) is 0 Å². The van der Waals surface area contributed by atoms with Crippen molar-refractivity contribution in [3.05, 3.63) is 35.9 Å². The molecule has 2 heterocycles. The van der Waals surface area contributed by atoms with Gasteiger partial charge in [-0.2, -0.15) is 0 Å². The van der Waals surface area contributed by atoms with E-state index in [9.17, 15) is 9.90 Å². The van der Waals surface area contributed by atoms with Gasteiger partial charge in [0.25, 0.3) is 0 Å².